The lowest BCUT2D eigenvalue weighted by Crippen LogP contribution is -2.21. The van der Waals surface area contributed by atoms with Crippen LogP contribution in [0.1, 0.15) is 215 Å². The van der Waals surface area contributed by atoms with Crippen LogP contribution in [0, 0.1) is 0 Å². The first-order chi connectivity index (χ1) is 24.1. The highest BCUT2D eigenvalue weighted by Crippen LogP contribution is 2.25. The van der Waals surface area contributed by atoms with Gasteiger partial charge >= 0.3 is 0 Å². The Bertz CT molecular complexity index is 1090. The standard InChI is InChI=1S/C45H74N2O2/c1-3-5-7-9-11-13-15-17-19-21-23-25-27-29-31-40-33-38-44(47-46-43-36-34-41(35-37-43)45(48)49)39-42(40)32-30-28-26-24-22-20-18-16-14-12-10-8-6-4-2/h33-39H,3-32H2,1-2H3,(H,48,49)/p-1. The number of hydrogen-bond donors (Lipinski definition) is 0. The average molecular weight is 674 g/mol. The van der Waals surface area contributed by atoms with Crippen molar-refractivity contribution in [3.63, 3.8) is 0 Å². The molecular formula is C45H73N2O2-. The lowest BCUT2D eigenvalue weighted by molar-refractivity contribution is -0.255. The van der Waals surface area contributed by atoms with Crippen molar-refractivity contribution in [2.45, 2.75) is 206 Å². The van der Waals surface area contributed by atoms with E-state index in [1.807, 2.05) is 0 Å². The van der Waals surface area contributed by atoms with E-state index >= 15 is 0 Å². The molecule has 0 bridgehead atoms. The molecule has 0 aliphatic rings. The maximum Gasteiger partial charge on any atom is 0.0860 e. The largest absolute Gasteiger partial charge is 0.545 e. The first-order valence-corrected chi connectivity index (χ1v) is 21.0. The third kappa shape index (κ3) is 22.8. The van der Waals surface area contributed by atoms with Crippen molar-refractivity contribution in [3.8, 4) is 0 Å². The number of carboxylic acids is 1. The molecule has 0 heterocycles. The number of unbranched alkanes of at least 4 members (excludes halogenated alkanes) is 26. The summed E-state index contributed by atoms with van der Waals surface area (Å²) in [6, 6.07) is 13.0. The lowest BCUT2D eigenvalue weighted by Gasteiger charge is -2.11. The minimum absolute atomic E-state index is 0.155. The number of carboxylic acid groups (broad SMARTS) is 1. The van der Waals surface area contributed by atoms with E-state index in [1.165, 1.54) is 203 Å². The number of benzene rings is 2. The second kappa shape index (κ2) is 30.3. The number of azo groups is 1. The molecule has 0 aliphatic heterocycles. The van der Waals surface area contributed by atoms with Crippen LogP contribution < -0.4 is 5.11 Å². The second-order valence-corrected chi connectivity index (χ2v) is 14.7. The van der Waals surface area contributed by atoms with Gasteiger partial charge in [-0.2, -0.15) is 10.2 Å². The Balaban J connectivity index is 1.71. The zero-order chi connectivity index (χ0) is 35.0. The van der Waals surface area contributed by atoms with Crippen LogP contribution in [0.3, 0.4) is 0 Å². The third-order valence-electron chi connectivity index (χ3n) is 10.2. The van der Waals surface area contributed by atoms with E-state index in [1.54, 1.807) is 12.1 Å². The van der Waals surface area contributed by atoms with Crippen molar-refractivity contribution in [3.05, 3.63) is 59.2 Å². The van der Waals surface area contributed by atoms with E-state index in [-0.39, 0.29) is 5.56 Å². The maximum absolute atomic E-state index is 11.1. The third-order valence-corrected chi connectivity index (χ3v) is 10.2. The minimum Gasteiger partial charge on any atom is -0.545 e. The molecule has 0 saturated carbocycles. The molecule has 0 aliphatic carbocycles. The number of rotatable bonds is 33. The van der Waals surface area contributed by atoms with Crippen LogP contribution in [-0.4, -0.2) is 5.97 Å². The summed E-state index contributed by atoms with van der Waals surface area (Å²) in [4.78, 5) is 11.1. The molecule has 0 spiro atoms. The van der Waals surface area contributed by atoms with Gasteiger partial charge in [-0.05, 0) is 66.6 Å². The number of carbonyl (C=O) groups is 1. The highest BCUT2D eigenvalue weighted by molar-refractivity contribution is 5.86. The predicted octanol–water partition coefficient (Wildman–Crippen LogP) is 14.5. The van der Waals surface area contributed by atoms with Gasteiger partial charge in [-0.15, -0.1) is 0 Å². The molecule has 0 amide bonds. The molecule has 0 aromatic heterocycles. The summed E-state index contributed by atoms with van der Waals surface area (Å²) in [6.07, 6.45) is 41.0. The molecule has 2 aromatic carbocycles. The van der Waals surface area contributed by atoms with Crippen molar-refractivity contribution < 1.29 is 9.90 Å². The van der Waals surface area contributed by atoms with Gasteiger partial charge in [0, 0.05) is 0 Å². The van der Waals surface area contributed by atoms with Gasteiger partial charge in [-0.25, -0.2) is 0 Å². The van der Waals surface area contributed by atoms with Gasteiger partial charge in [0.25, 0.3) is 0 Å². The fraction of sp³-hybridized carbons (Fsp3) is 0.711. The van der Waals surface area contributed by atoms with Gasteiger partial charge in [0.2, 0.25) is 0 Å². The fourth-order valence-electron chi connectivity index (χ4n) is 6.95. The Morgan fingerprint density at radius 1 is 0.429 bits per heavy atom. The summed E-state index contributed by atoms with van der Waals surface area (Å²) in [5, 5.41) is 19.9. The molecule has 2 aromatic rings. The van der Waals surface area contributed by atoms with E-state index < -0.39 is 5.97 Å². The van der Waals surface area contributed by atoms with Crippen molar-refractivity contribution >= 4 is 17.3 Å². The van der Waals surface area contributed by atoms with Gasteiger partial charge in [0.15, 0.2) is 0 Å². The van der Waals surface area contributed by atoms with Gasteiger partial charge in [-0.1, -0.05) is 199 Å². The molecular weight excluding hydrogens is 601 g/mol. The van der Waals surface area contributed by atoms with E-state index in [4.69, 9.17) is 0 Å². The number of carbonyl (C=O) groups excluding carboxylic acids is 1. The first-order valence-electron chi connectivity index (χ1n) is 21.0. The lowest BCUT2D eigenvalue weighted by atomic mass is 9.95. The molecule has 0 unspecified atom stereocenters. The molecule has 276 valence electrons. The number of aromatic carboxylic acids is 1. The SMILES string of the molecule is CCCCCCCCCCCCCCCCc1ccc(N=Nc2ccc(C(=O)[O-])cc2)cc1CCCCCCCCCCCCCCCC. The molecule has 4 nitrogen and oxygen atoms in total. The monoisotopic (exact) mass is 674 g/mol. The van der Waals surface area contributed by atoms with Gasteiger partial charge < -0.3 is 9.90 Å². The Kier molecular flexibility index (Phi) is 26.4. The van der Waals surface area contributed by atoms with Crippen LogP contribution in [0.25, 0.3) is 0 Å². The van der Waals surface area contributed by atoms with Crippen LogP contribution in [0.4, 0.5) is 11.4 Å². The summed E-state index contributed by atoms with van der Waals surface area (Å²) >= 11 is 0. The Hall–Kier alpha value is -2.49. The Morgan fingerprint density at radius 3 is 1.14 bits per heavy atom. The van der Waals surface area contributed by atoms with Crippen molar-refractivity contribution in [1.29, 1.82) is 0 Å². The maximum atomic E-state index is 11.1. The second-order valence-electron chi connectivity index (χ2n) is 14.7. The summed E-state index contributed by atoms with van der Waals surface area (Å²) in [5.74, 6) is -1.17. The van der Waals surface area contributed by atoms with Crippen LogP contribution in [0.5, 0.6) is 0 Å². The quantitative estimate of drug-likeness (QED) is 0.0559. The summed E-state index contributed by atoms with van der Waals surface area (Å²) in [6.45, 7) is 4.58. The summed E-state index contributed by atoms with van der Waals surface area (Å²) in [7, 11) is 0. The first kappa shape index (κ1) is 42.7. The highest BCUT2D eigenvalue weighted by atomic mass is 16.4. The van der Waals surface area contributed by atoms with Gasteiger partial charge in [0.1, 0.15) is 0 Å². The molecule has 0 fully saturated rings. The fourth-order valence-corrected chi connectivity index (χ4v) is 6.95. The molecule has 49 heavy (non-hydrogen) atoms. The van der Waals surface area contributed by atoms with Crippen LogP contribution in [0.15, 0.2) is 52.7 Å². The van der Waals surface area contributed by atoms with Gasteiger partial charge in [0.05, 0.1) is 17.3 Å². The van der Waals surface area contributed by atoms with Crippen LogP contribution >= 0.6 is 0 Å². The molecule has 0 radical (unpaired) electrons. The number of hydrogen-bond acceptors (Lipinski definition) is 4. The molecule has 0 N–H and O–H groups in total. The Labute approximate surface area is 302 Å². The van der Waals surface area contributed by atoms with E-state index in [0.717, 1.165) is 18.5 Å². The molecule has 0 saturated heterocycles. The average Bonchev–Trinajstić information content (AvgIpc) is 3.11. The minimum atomic E-state index is -1.17. The zero-order valence-electron chi connectivity index (χ0n) is 32.0. The van der Waals surface area contributed by atoms with Crippen molar-refractivity contribution in [2.24, 2.45) is 10.2 Å². The normalized spacial score (nSPS) is 11.6. The smallest absolute Gasteiger partial charge is 0.0860 e. The summed E-state index contributed by atoms with van der Waals surface area (Å²) < 4.78 is 0. The Morgan fingerprint density at radius 2 is 0.755 bits per heavy atom. The molecule has 2 rings (SSSR count). The predicted molar refractivity (Wildman–Crippen MR) is 209 cm³/mol. The number of nitrogens with zero attached hydrogens (tertiary/aromatic N) is 2. The van der Waals surface area contributed by atoms with E-state index in [0.29, 0.717) is 5.69 Å². The zero-order valence-corrected chi connectivity index (χ0v) is 32.0. The molecule has 4 heteroatoms. The van der Waals surface area contributed by atoms with Crippen molar-refractivity contribution in [2.75, 3.05) is 0 Å². The van der Waals surface area contributed by atoms with Crippen LogP contribution in [-0.2, 0) is 12.8 Å². The summed E-state index contributed by atoms with van der Waals surface area (Å²) in [5.41, 5.74) is 4.57. The highest BCUT2D eigenvalue weighted by Gasteiger charge is 2.06. The van der Waals surface area contributed by atoms with E-state index in [9.17, 15) is 9.90 Å². The van der Waals surface area contributed by atoms with Gasteiger partial charge in [-0.3, -0.25) is 0 Å². The molecule has 0 atom stereocenters. The van der Waals surface area contributed by atoms with Crippen molar-refractivity contribution in [1.82, 2.24) is 0 Å². The topological polar surface area (TPSA) is 64.8 Å². The van der Waals surface area contributed by atoms with Crippen LogP contribution in [0.2, 0.25) is 0 Å². The van der Waals surface area contributed by atoms with E-state index in [2.05, 4.69) is 42.3 Å². The number of aryl methyl sites for hydroxylation is 2.